The van der Waals surface area contributed by atoms with Gasteiger partial charge in [-0.1, -0.05) is 0 Å². The molecule has 0 saturated heterocycles. The number of aryl methyl sites for hydroxylation is 1. The van der Waals surface area contributed by atoms with E-state index in [1.807, 2.05) is 11.5 Å². The molecule has 0 aromatic carbocycles. The number of carbonyl (C=O) groups excluding carboxylic acids is 1. The first-order chi connectivity index (χ1) is 8.76. The monoisotopic (exact) mass is 295 g/mol. The number of ketones is 1. The summed E-state index contributed by atoms with van der Waals surface area (Å²) >= 11 is 5.51. The molecule has 1 aromatic rings. The van der Waals surface area contributed by atoms with Gasteiger partial charge in [-0.25, -0.2) is 0 Å². The Labute approximate surface area is 115 Å². The molecule has 6 heteroatoms. The Hall–Kier alpha value is -0.970. The van der Waals surface area contributed by atoms with Crippen molar-refractivity contribution < 1.29 is 18.0 Å². The highest BCUT2D eigenvalue weighted by Crippen LogP contribution is 2.23. The Morgan fingerprint density at radius 1 is 1.32 bits per heavy atom. The van der Waals surface area contributed by atoms with E-state index in [-0.39, 0.29) is 18.1 Å². The lowest BCUT2D eigenvalue weighted by molar-refractivity contribution is -0.135. The van der Waals surface area contributed by atoms with E-state index in [0.29, 0.717) is 18.5 Å². The number of nitrogens with zero attached hydrogens (tertiary/aromatic N) is 1. The lowest BCUT2D eigenvalue weighted by Gasteiger charge is -2.10. The topological polar surface area (TPSA) is 22.0 Å². The summed E-state index contributed by atoms with van der Waals surface area (Å²) in [4.78, 5) is 11.6. The Balaban J connectivity index is 2.64. The van der Waals surface area contributed by atoms with Gasteiger partial charge < -0.3 is 4.57 Å². The van der Waals surface area contributed by atoms with Gasteiger partial charge in [-0.2, -0.15) is 13.2 Å². The van der Waals surface area contributed by atoms with Crippen molar-refractivity contribution in [3.05, 3.63) is 23.0 Å². The third-order valence-corrected chi connectivity index (χ3v) is 3.33. The maximum absolute atomic E-state index is 12.0. The van der Waals surface area contributed by atoms with Crippen molar-refractivity contribution >= 4 is 17.4 Å². The van der Waals surface area contributed by atoms with E-state index in [2.05, 4.69) is 0 Å². The van der Waals surface area contributed by atoms with E-state index in [9.17, 15) is 18.0 Å². The molecule has 0 amide bonds. The van der Waals surface area contributed by atoms with Crippen LogP contribution < -0.4 is 0 Å². The van der Waals surface area contributed by atoms with Gasteiger partial charge in [0.05, 0.1) is 5.88 Å². The highest BCUT2D eigenvalue weighted by Gasteiger charge is 2.26. The number of rotatable bonds is 6. The van der Waals surface area contributed by atoms with E-state index >= 15 is 0 Å². The quantitative estimate of drug-likeness (QED) is 0.437. The first kappa shape index (κ1) is 16.1. The minimum absolute atomic E-state index is 0.0850. The number of Topliss-reactive ketones (excluding diaryl/α,β-unsaturated/α-hetero) is 1. The predicted molar refractivity (Wildman–Crippen MR) is 68.9 cm³/mol. The molecular formula is C13H17ClF3NO. The SMILES string of the molecule is Cc1cc(C(=O)CCl)c(C)n1CCCCC(F)(F)F. The summed E-state index contributed by atoms with van der Waals surface area (Å²) in [6, 6.07) is 1.74. The minimum Gasteiger partial charge on any atom is -0.348 e. The van der Waals surface area contributed by atoms with E-state index in [1.54, 1.807) is 13.0 Å². The summed E-state index contributed by atoms with van der Waals surface area (Å²) in [5, 5.41) is 0. The zero-order chi connectivity index (χ0) is 14.6. The van der Waals surface area contributed by atoms with Gasteiger partial charge in [0.1, 0.15) is 0 Å². The number of hydrogen-bond donors (Lipinski definition) is 0. The van der Waals surface area contributed by atoms with Crippen molar-refractivity contribution in [2.24, 2.45) is 0 Å². The fourth-order valence-electron chi connectivity index (χ4n) is 2.09. The standard InChI is InChI=1S/C13H17ClF3NO/c1-9-7-11(12(19)8-14)10(2)18(9)6-4-3-5-13(15,16)17/h7H,3-6,8H2,1-2H3. The van der Waals surface area contributed by atoms with Gasteiger partial charge in [-0.3, -0.25) is 4.79 Å². The lowest BCUT2D eigenvalue weighted by Crippen LogP contribution is -2.09. The normalized spacial score (nSPS) is 11.9. The second-order valence-electron chi connectivity index (χ2n) is 4.57. The van der Waals surface area contributed by atoms with Crippen molar-refractivity contribution in [2.45, 2.75) is 45.8 Å². The fraction of sp³-hybridized carbons (Fsp3) is 0.615. The molecule has 0 spiro atoms. The van der Waals surface area contributed by atoms with Crippen LogP contribution in [0.1, 0.15) is 41.0 Å². The van der Waals surface area contributed by atoms with Crippen LogP contribution in [0.3, 0.4) is 0 Å². The molecule has 0 aliphatic heterocycles. The predicted octanol–water partition coefficient (Wildman–Crippen LogP) is 4.26. The van der Waals surface area contributed by atoms with Crippen LogP contribution in [-0.2, 0) is 6.54 Å². The largest absolute Gasteiger partial charge is 0.389 e. The van der Waals surface area contributed by atoms with Crippen LogP contribution in [0.4, 0.5) is 13.2 Å². The number of carbonyl (C=O) groups is 1. The molecule has 0 saturated carbocycles. The molecule has 0 fully saturated rings. The van der Waals surface area contributed by atoms with Gasteiger partial charge in [0.15, 0.2) is 5.78 Å². The molecule has 19 heavy (non-hydrogen) atoms. The summed E-state index contributed by atoms with van der Waals surface area (Å²) in [7, 11) is 0. The molecule has 0 bridgehead atoms. The van der Waals surface area contributed by atoms with E-state index in [0.717, 1.165) is 11.4 Å². The Kier molecular flexibility index (Phi) is 5.47. The third-order valence-electron chi connectivity index (χ3n) is 3.09. The van der Waals surface area contributed by atoms with Gasteiger partial charge in [0.2, 0.25) is 0 Å². The number of unbranched alkanes of at least 4 members (excludes halogenated alkanes) is 1. The van der Waals surface area contributed by atoms with Crippen molar-refractivity contribution in [1.29, 1.82) is 0 Å². The molecule has 108 valence electrons. The first-order valence-electron chi connectivity index (χ1n) is 6.09. The van der Waals surface area contributed by atoms with Crippen LogP contribution in [0.5, 0.6) is 0 Å². The molecule has 0 radical (unpaired) electrons. The molecule has 0 aliphatic rings. The summed E-state index contributed by atoms with van der Waals surface area (Å²) in [5.74, 6) is -0.241. The lowest BCUT2D eigenvalue weighted by atomic mass is 10.2. The molecule has 1 rings (SSSR count). The first-order valence-corrected chi connectivity index (χ1v) is 6.62. The number of alkyl halides is 4. The van der Waals surface area contributed by atoms with Crippen molar-refractivity contribution in [3.63, 3.8) is 0 Å². The van der Waals surface area contributed by atoms with Crippen LogP contribution >= 0.6 is 11.6 Å². The average Bonchev–Trinajstić information content (AvgIpc) is 2.59. The van der Waals surface area contributed by atoms with Gasteiger partial charge in [-0.15, -0.1) is 11.6 Å². The molecule has 1 aromatic heterocycles. The molecule has 2 nitrogen and oxygen atoms in total. The van der Waals surface area contributed by atoms with Crippen LogP contribution in [0.2, 0.25) is 0 Å². The van der Waals surface area contributed by atoms with Gasteiger partial charge in [0, 0.05) is 29.9 Å². The molecule has 0 atom stereocenters. The number of halogens is 4. The summed E-state index contributed by atoms with van der Waals surface area (Å²) in [6.45, 7) is 4.11. The second kappa shape index (κ2) is 6.46. The third kappa shape index (κ3) is 4.56. The van der Waals surface area contributed by atoms with E-state index < -0.39 is 12.6 Å². The fourth-order valence-corrected chi connectivity index (χ4v) is 2.24. The smallest absolute Gasteiger partial charge is 0.348 e. The van der Waals surface area contributed by atoms with Crippen LogP contribution in [0.15, 0.2) is 6.07 Å². The maximum atomic E-state index is 12.0. The summed E-state index contributed by atoms with van der Waals surface area (Å²) in [5.41, 5.74) is 2.21. The van der Waals surface area contributed by atoms with Crippen LogP contribution in [-0.4, -0.2) is 22.4 Å². The minimum atomic E-state index is -4.10. The molecule has 0 aliphatic carbocycles. The highest BCUT2D eigenvalue weighted by atomic mass is 35.5. The number of hydrogen-bond acceptors (Lipinski definition) is 1. The van der Waals surface area contributed by atoms with Crippen molar-refractivity contribution in [3.8, 4) is 0 Å². The Bertz CT molecular complexity index is 451. The Morgan fingerprint density at radius 2 is 1.95 bits per heavy atom. The van der Waals surface area contributed by atoms with Gasteiger partial charge >= 0.3 is 6.18 Å². The highest BCUT2D eigenvalue weighted by molar-refractivity contribution is 6.30. The molecule has 0 N–H and O–H groups in total. The van der Waals surface area contributed by atoms with Crippen molar-refractivity contribution in [1.82, 2.24) is 4.57 Å². The second-order valence-corrected chi connectivity index (χ2v) is 4.83. The van der Waals surface area contributed by atoms with Crippen LogP contribution in [0, 0.1) is 13.8 Å². The molecular weight excluding hydrogens is 279 g/mol. The number of aromatic nitrogens is 1. The summed E-state index contributed by atoms with van der Waals surface area (Å²) in [6.07, 6.45) is -4.33. The van der Waals surface area contributed by atoms with E-state index in [1.165, 1.54) is 0 Å². The molecule has 0 unspecified atom stereocenters. The van der Waals surface area contributed by atoms with Crippen molar-refractivity contribution in [2.75, 3.05) is 5.88 Å². The maximum Gasteiger partial charge on any atom is 0.389 e. The van der Waals surface area contributed by atoms with E-state index in [4.69, 9.17) is 11.6 Å². The average molecular weight is 296 g/mol. The molecule has 1 heterocycles. The van der Waals surface area contributed by atoms with Gasteiger partial charge in [-0.05, 0) is 32.8 Å². The van der Waals surface area contributed by atoms with Crippen LogP contribution in [0.25, 0.3) is 0 Å². The van der Waals surface area contributed by atoms with Gasteiger partial charge in [0.25, 0.3) is 0 Å². The summed E-state index contributed by atoms with van der Waals surface area (Å²) < 4.78 is 38.0. The Morgan fingerprint density at radius 3 is 2.47 bits per heavy atom. The zero-order valence-corrected chi connectivity index (χ0v) is 11.7. The zero-order valence-electron chi connectivity index (χ0n) is 11.0.